The van der Waals surface area contributed by atoms with E-state index in [-0.39, 0.29) is 27.0 Å². The largest absolute Gasteiger partial charge is 0.573 e. The van der Waals surface area contributed by atoms with Crippen molar-refractivity contribution in [3.63, 3.8) is 0 Å². The number of anilines is 2. The lowest BCUT2D eigenvalue weighted by atomic mass is 10.0. The number of hydrogen-bond acceptors (Lipinski definition) is 6. The molecular formula is C30H30Cl2F3N3O7. The molecule has 0 fully saturated rings. The number of carboxylic acids is 1. The van der Waals surface area contributed by atoms with Gasteiger partial charge in [0.25, 0.3) is 5.91 Å². The summed E-state index contributed by atoms with van der Waals surface area (Å²) in [5.41, 5.74) is 0.157. The SMILES string of the molecule is COc1ccc(-c2ccc(C(=O)N[C@H](C(=O)O)[C@@H](C)OC(C)(C)C)c(NC(=O)Nc3c(Cl)cc(OC(F)(F)F)cc3Cl)c2)cc1. The number of hydrogen-bond donors (Lipinski definition) is 4. The van der Waals surface area contributed by atoms with Crippen molar-refractivity contribution in [2.24, 2.45) is 0 Å². The van der Waals surface area contributed by atoms with E-state index in [2.05, 4.69) is 20.7 Å². The molecule has 3 aromatic carbocycles. The van der Waals surface area contributed by atoms with Crippen molar-refractivity contribution in [2.75, 3.05) is 17.7 Å². The fourth-order valence-electron chi connectivity index (χ4n) is 4.16. The van der Waals surface area contributed by atoms with Gasteiger partial charge in [0.15, 0.2) is 6.04 Å². The maximum Gasteiger partial charge on any atom is 0.573 e. The van der Waals surface area contributed by atoms with Crippen LogP contribution in [0.2, 0.25) is 10.0 Å². The number of ether oxygens (including phenoxy) is 3. The van der Waals surface area contributed by atoms with Gasteiger partial charge in [-0.1, -0.05) is 41.4 Å². The molecule has 3 rings (SSSR count). The first-order chi connectivity index (χ1) is 20.9. The second-order valence-electron chi connectivity index (χ2n) is 10.6. The molecule has 15 heteroatoms. The van der Waals surface area contributed by atoms with Gasteiger partial charge < -0.3 is 35.3 Å². The molecule has 0 aliphatic rings. The van der Waals surface area contributed by atoms with Crippen LogP contribution in [0.4, 0.5) is 29.3 Å². The number of amides is 3. The number of rotatable bonds is 10. The Hall–Kier alpha value is -4.20. The van der Waals surface area contributed by atoms with Crippen LogP contribution in [-0.4, -0.2) is 54.2 Å². The smallest absolute Gasteiger partial charge is 0.497 e. The molecule has 0 aromatic heterocycles. The van der Waals surface area contributed by atoms with Crippen LogP contribution in [0.25, 0.3) is 11.1 Å². The average Bonchev–Trinajstić information content (AvgIpc) is 2.91. The molecular weight excluding hydrogens is 642 g/mol. The number of halogens is 5. The van der Waals surface area contributed by atoms with E-state index in [0.29, 0.717) is 16.9 Å². The molecule has 2 atom stereocenters. The predicted molar refractivity (Wildman–Crippen MR) is 163 cm³/mol. The Kier molecular flexibility index (Phi) is 11.2. The molecule has 0 saturated carbocycles. The third-order valence-electron chi connectivity index (χ3n) is 5.98. The lowest BCUT2D eigenvalue weighted by molar-refractivity contribution is -0.274. The van der Waals surface area contributed by atoms with Gasteiger partial charge in [-0.3, -0.25) is 4.79 Å². The van der Waals surface area contributed by atoms with Crippen molar-refractivity contribution in [3.05, 3.63) is 70.2 Å². The molecule has 0 saturated heterocycles. The number of carbonyl (C=O) groups is 3. The minimum atomic E-state index is -5.00. The fraction of sp³-hybridized carbons (Fsp3) is 0.300. The van der Waals surface area contributed by atoms with Gasteiger partial charge >= 0.3 is 18.4 Å². The van der Waals surface area contributed by atoms with E-state index < -0.39 is 47.8 Å². The Morgan fingerprint density at radius 3 is 1.96 bits per heavy atom. The van der Waals surface area contributed by atoms with Crippen molar-refractivity contribution in [1.29, 1.82) is 0 Å². The number of benzene rings is 3. The van der Waals surface area contributed by atoms with Crippen LogP contribution in [-0.2, 0) is 9.53 Å². The zero-order valence-corrected chi connectivity index (χ0v) is 26.1. The third-order valence-corrected chi connectivity index (χ3v) is 6.58. The zero-order chi connectivity index (χ0) is 33.7. The molecule has 242 valence electrons. The van der Waals surface area contributed by atoms with Gasteiger partial charge in [-0.25, -0.2) is 9.59 Å². The van der Waals surface area contributed by atoms with Crippen LogP contribution < -0.4 is 25.4 Å². The van der Waals surface area contributed by atoms with Crippen LogP contribution in [0.5, 0.6) is 11.5 Å². The maximum absolute atomic E-state index is 13.4. The van der Waals surface area contributed by atoms with E-state index in [9.17, 15) is 32.7 Å². The van der Waals surface area contributed by atoms with Gasteiger partial charge in [0.2, 0.25) is 0 Å². The van der Waals surface area contributed by atoms with Gasteiger partial charge in [-0.2, -0.15) is 0 Å². The Bertz CT molecular complexity index is 1540. The molecule has 0 radical (unpaired) electrons. The monoisotopic (exact) mass is 671 g/mol. The van der Waals surface area contributed by atoms with Crippen molar-refractivity contribution < 1.29 is 46.9 Å². The highest BCUT2D eigenvalue weighted by molar-refractivity contribution is 6.40. The summed E-state index contributed by atoms with van der Waals surface area (Å²) in [6.07, 6.45) is -5.93. The molecule has 45 heavy (non-hydrogen) atoms. The first kappa shape index (κ1) is 35.3. The molecule has 0 heterocycles. The summed E-state index contributed by atoms with van der Waals surface area (Å²) in [7, 11) is 1.51. The number of urea groups is 1. The molecule has 4 N–H and O–H groups in total. The molecule has 0 spiro atoms. The van der Waals surface area contributed by atoms with Crippen LogP contribution in [0, 0.1) is 0 Å². The molecule has 0 aliphatic heterocycles. The highest BCUT2D eigenvalue weighted by atomic mass is 35.5. The molecule has 0 bridgehead atoms. The molecule has 10 nitrogen and oxygen atoms in total. The summed E-state index contributed by atoms with van der Waals surface area (Å²) < 4.78 is 52.6. The molecule has 0 unspecified atom stereocenters. The fourth-order valence-corrected chi connectivity index (χ4v) is 4.72. The Morgan fingerprint density at radius 2 is 1.44 bits per heavy atom. The van der Waals surface area contributed by atoms with Gasteiger partial charge in [0, 0.05) is 12.1 Å². The van der Waals surface area contributed by atoms with E-state index in [0.717, 1.165) is 12.1 Å². The second-order valence-corrected chi connectivity index (χ2v) is 11.4. The van der Waals surface area contributed by atoms with Crippen LogP contribution in [0.15, 0.2) is 54.6 Å². The van der Waals surface area contributed by atoms with Crippen LogP contribution in [0.1, 0.15) is 38.1 Å². The van der Waals surface area contributed by atoms with E-state index in [1.165, 1.54) is 26.2 Å². The quantitative estimate of drug-likeness (QED) is 0.174. The topological polar surface area (TPSA) is 135 Å². The van der Waals surface area contributed by atoms with Crippen LogP contribution >= 0.6 is 23.2 Å². The van der Waals surface area contributed by atoms with E-state index in [1.807, 2.05) is 0 Å². The van der Waals surface area contributed by atoms with Crippen LogP contribution in [0.3, 0.4) is 0 Å². The standard InChI is InChI=1S/C30H30Cl2F3N3O7/c1-15(44-29(2,3)4)24(27(40)41)37-26(39)20-11-8-17(16-6-9-18(43-5)10-7-16)12-23(20)36-28(42)38-25-21(31)13-19(14-22(25)32)45-30(33,34)35/h6-15,24H,1-5H3,(H,37,39)(H,40,41)(H2,36,38,42)/t15-,24+/m1/s1. The summed E-state index contributed by atoms with van der Waals surface area (Å²) in [5, 5.41) is 16.4. The summed E-state index contributed by atoms with van der Waals surface area (Å²) in [6.45, 7) is 6.71. The average molecular weight is 672 g/mol. The zero-order valence-electron chi connectivity index (χ0n) is 24.6. The van der Waals surface area contributed by atoms with E-state index in [4.69, 9.17) is 32.7 Å². The minimum Gasteiger partial charge on any atom is -0.497 e. The molecule has 3 aromatic rings. The van der Waals surface area contributed by atoms with E-state index >= 15 is 0 Å². The van der Waals surface area contributed by atoms with Gasteiger partial charge in [0.05, 0.1) is 45.8 Å². The first-order valence-corrected chi connectivity index (χ1v) is 13.9. The Morgan fingerprint density at radius 1 is 0.867 bits per heavy atom. The lowest BCUT2D eigenvalue weighted by Crippen LogP contribution is -2.50. The minimum absolute atomic E-state index is 0.0453. The second kappa shape index (κ2) is 14.3. The van der Waals surface area contributed by atoms with Crippen molar-refractivity contribution >= 4 is 52.5 Å². The predicted octanol–water partition coefficient (Wildman–Crippen LogP) is 7.60. The maximum atomic E-state index is 13.4. The van der Waals surface area contributed by atoms with Gasteiger partial charge in [0.1, 0.15) is 11.5 Å². The molecule has 3 amide bonds. The summed E-state index contributed by atoms with van der Waals surface area (Å²) in [5.74, 6) is -2.29. The van der Waals surface area contributed by atoms with Crippen molar-refractivity contribution in [2.45, 2.75) is 51.8 Å². The summed E-state index contributed by atoms with van der Waals surface area (Å²) in [6, 6.07) is 10.6. The Balaban J connectivity index is 1.96. The number of carboxylic acid groups (broad SMARTS) is 1. The lowest BCUT2D eigenvalue weighted by Gasteiger charge is -2.29. The number of alkyl halides is 3. The normalized spacial score (nSPS) is 12.9. The number of aliphatic carboxylic acids is 1. The number of carbonyl (C=O) groups excluding carboxylic acids is 2. The van der Waals surface area contributed by atoms with Crippen molar-refractivity contribution in [1.82, 2.24) is 5.32 Å². The number of methoxy groups -OCH3 is 1. The summed E-state index contributed by atoms with van der Waals surface area (Å²) >= 11 is 12.1. The summed E-state index contributed by atoms with van der Waals surface area (Å²) in [4.78, 5) is 38.5. The number of nitrogens with one attached hydrogen (secondary N) is 3. The highest BCUT2D eigenvalue weighted by Crippen LogP contribution is 2.37. The van der Waals surface area contributed by atoms with E-state index in [1.54, 1.807) is 51.1 Å². The van der Waals surface area contributed by atoms with Gasteiger partial charge in [-0.05, 0) is 63.1 Å². The highest BCUT2D eigenvalue weighted by Gasteiger charge is 2.33. The Labute approximate surface area is 266 Å². The third kappa shape index (κ3) is 10.2. The first-order valence-electron chi connectivity index (χ1n) is 13.2. The molecule has 0 aliphatic carbocycles. The van der Waals surface area contributed by atoms with Gasteiger partial charge in [-0.15, -0.1) is 13.2 Å². The van der Waals surface area contributed by atoms with Crippen molar-refractivity contribution in [3.8, 4) is 22.6 Å².